The molecule has 0 unspecified atom stereocenters. The van der Waals surface area contributed by atoms with Gasteiger partial charge in [0.2, 0.25) is 0 Å². The fraction of sp³-hybridized carbons (Fsp3) is 0.417. The molecule has 0 N–H and O–H groups in total. The number of benzene rings is 1. The van der Waals surface area contributed by atoms with E-state index in [0.717, 1.165) is 5.56 Å². The minimum Gasteiger partial charge on any atom is -0.455 e. The molecule has 0 fully saturated rings. The van der Waals surface area contributed by atoms with Crippen molar-refractivity contribution >= 4 is 28.6 Å². The molecule has 0 saturated heterocycles. The highest BCUT2D eigenvalue weighted by atomic mass is 127. The van der Waals surface area contributed by atoms with Gasteiger partial charge in [-0.3, -0.25) is 4.79 Å². The Kier molecular flexibility index (Phi) is 7.16. The first-order valence-electron chi connectivity index (χ1n) is 5.16. The largest absolute Gasteiger partial charge is 0.455 e. The highest BCUT2D eigenvalue weighted by molar-refractivity contribution is 14.1. The minimum absolute atomic E-state index is 0.155. The van der Waals surface area contributed by atoms with E-state index < -0.39 is 0 Å². The monoisotopic (exact) mass is 334 g/mol. The zero-order valence-electron chi connectivity index (χ0n) is 9.02. The average Bonchev–Trinajstić information content (AvgIpc) is 2.30. The molecule has 0 aromatic heterocycles. The molecule has 0 bridgehead atoms. The van der Waals surface area contributed by atoms with Gasteiger partial charge in [0.1, 0.15) is 4.61 Å². The molecule has 1 aromatic rings. The molecule has 88 valence electrons. The molecule has 1 aromatic carbocycles. The van der Waals surface area contributed by atoms with E-state index in [1.165, 1.54) is 0 Å². The lowest BCUT2D eigenvalue weighted by Crippen LogP contribution is -2.04. The molecule has 0 heterocycles. The van der Waals surface area contributed by atoms with Crippen molar-refractivity contribution in [2.75, 3.05) is 11.2 Å². The summed E-state index contributed by atoms with van der Waals surface area (Å²) >= 11 is 2.00. The van der Waals surface area contributed by atoms with Crippen LogP contribution < -0.4 is 0 Å². The number of ether oxygens (including phenoxy) is 2. The van der Waals surface area contributed by atoms with Crippen molar-refractivity contribution in [3.8, 4) is 0 Å². The third-order valence-electron chi connectivity index (χ3n) is 2.00. The van der Waals surface area contributed by atoms with Crippen LogP contribution in [-0.4, -0.2) is 17.2 Å². The van der Waals surface area contributed by atoms with Crippen molar-refractivity contribution in [1.29, 1.82) is 0 Å². The second-order valence-corrected chi connectivity index (χ2v) is 3.89. The van der Waals surface area contributed by atoms with Crippen molar-refractivity contribution in [2.24, 2.45) is 0 Å². The van der Waals surface area contributed by atoms with Crippen molar-refractivity contribution in [3.05, 3.63) is 35.9 Å². The standard InChI is InChI=1S/C12H15IO3/c13-10-16-12(14)7-4-8-15-9-11-5-2-1-3-6-11/h1-3,5-6H,4,7-10H2. The van der Waals surface area contributed by atoms with E-state index in [1.807, 2.05) is 52.9 Å². The highest BCUT2D eigenvalue weighted by Crippen LogP contribution is 2.02. The van der Waals surface area contributed by atoms with Crippen LogP contribution in [-0.2, 0) is 20.9 Å². The fourth-order valence-corrected chi connectivity index (χ4v) is 1.56. The number of rotatable bonds is 7. The summed E-state index contributed by atoms with van der Waals surface area (Å²) in [5.74, 6) is -0.155. The van der Waals surface area contributed by atoms with E-state index in [4.69, 9.17) is 9.47 Å². The Morgan fingerprint density at radius 1 is 1.25 bits per heavy atom. The number of alkyl halides is 1. The smallest absolute Gasteiger partial charge is 0.306 e. The molecule has 1 rings (SSSR count). The third-order valence-corrected chi connectivity index (χ3v) is 2.31. The summed E-state index contributed by atoms with van der Waals surface area (Å²) in [7, 11) is 0. The van der Waals surface area contributed by atoms with Gasteiger partial charge in [-0.15, -0.1) is 0 Å². The van der Waals surface area contributed by atoms with Gasteiger partial charge in [-0.1, -0.05) is 30.3 Å². The maximum atomic E-state index is 11.0. The van der Waals surface area contributed by atoms with Crippen LogP contribution in [0, 0.1) is 0 Å². The van der Waals surface area contributed by atoms with E-state index in [0.29, 0.717) is 30.7 Å². The van der Waals surface area contributed by atoms with Gasteiger partial charge in [0, 0.05) is 13.0 Å². The summed E-state index contributed by atoms with van der Waals surface area (Å²) in [6.07, 6.45) is 1.14. The van der Waals surface area contributed by atoms with Gasteiger partial charge in [0.25, 0.3) is 0 Å². The lowest BCUT2D eigenvalue weighted by atomic mass is 10.2. The Morgan fingerprint density at radius 3 is 2.69 bits per heavy atom. The molecule has 0 spiro atoms. The molecule has 0 aliphatic rings. The third kappa shape index (κ3) is 6.07. The summed E-state index contributed by atoms with van der Waals surface area (Å²) in [6, 6.07) is 9.98. The second-order valence-electron chi connectivity index (χ2n) is 3.27. The highest BCUT2D eigenvalue weighted by Gasteiger charge is 2.00. The molecular formula is C12H15IO3. The van der Waals surface area contributed by atoms with Crippen LogP contribution in [0.1, 0.15) is 18.4 Å². The molecule has 0 aliphatic heterocycles. The summed E-state index contributed by atoms with van der Waals surface area (Å²) in [5.41, 5.74) is 1.15. The molecule has 4 heteroatoms. The van der Waals surface area contributed by atoms with E-state index in [-0.39, 0.29) is 5.97 Å². The molecule has 16 heavy (non-hydrogen) atoms. The first-order valence-corrected chi connectivity index (χ1v) is 6.68. The van der Waals surface area contributed by atoms with Gasteiger partial charge in [-0.2, -0.15) is 0 Å². The van der Waals surface area contributed by atoms with Gasteiger partial charge < -0.3 is 9.47 Å². The van der Waals surface area contributed by atoms with Crippen LogP contribution in [0.15, 0.2) is 30.3 Å². The van der Waals surface area contributed by atoms with Crippen LogP contribution in [0.4, 0.5) is 0 Å². The van der Waals surface area contributed by atoms with Crippen LogP contribution in [0.2, 0.25) is 0 Å². The van der Waals surface area contributed by atoms with Gasteiger partial charge in [-0.05, 0) is 34.6 Å². The van der Waals surface area contributed by atoms with Gasteiger partial charge in [0.15, 0.2) is 0 Å². The zero-order chi connectivity index (χ0) is 11.6. The first kappa shape index (κ1) is 13.4. The van der Waals surface area contributed by atoms with Crippen molar-refractivity contribution in [2.45, 2.75) is 19.4 Å². The Hall–Kier alpha value is -0.620. The molecule has 3 nitrogen and oxygen atoms in total. The maximum Gasteiger partial charge on any atom is 0.306 e. The normalized spacial score (nSPS) is 10.1. The topological polar surface area (TPSA) is 35.5 Å². The van der Waals surface area contributed by atoms with Crippen LogP contribution >= 0.6 is 22.6 Å². The van der Waals surface area contributed by atoms with E-state index in [9.17, 15) is 4.79 Å². The average molecular weight is 334 g/mol. The lowest BCUT2D eigenvalue weighted by Gasteiger charge is -2.04. The Labute approximate surface area is 109 Å². The van der Waals surface area contributed by atoms with E-state index in [2.05, 4.69) is 0 Å². The van der Waals surface area contributed by atoms with Crippen LogP contribution in [0.5, 0.6) is 0 Å². The predicted octanol–water partition coefficient (Wildman–Crippen LogP) is 2.92. The molecular weight excluding hydrogens is 319 g/mol. The predicted molar refractivity (Wildman–Crippen MR) is 70.3 cm³/mol. The van der Waals surface area contributed by atoms with E-state index in [1.54, 1.807) is 0 Å². The van der Waals surface area contributed by atoms with Gasteiger partial charge >= 0.3 is 5.97 Å². The number of hydrogen-bond acceptors (Lipinski definition) is 3. The number of halogens is 1. The zero-order valence-corrected chi connectivity index (χ0v) is 11.2. The summed E-state index contributed by atoms with van der Waals surface area (Å²) < 4.78 is 10.7. The number of esters is 1. The van der Waals surface area contributed by atoms with Crippen LogP contribution in [0.25, 0.3) is 0 Å². The Balaban J connectivity index is 2.02. The summed E-state index contributed by atoms with van der Waals surface area (Å²) in [4.78, 5) is 11.0. The van der Waals surface area contributed by atoms with E-state index >= 15 is 0 Å². The van der Waals surface area contributed by atoms with Gasteiger partial charge in [-0.25, -0.2) is 0 Å². The van der Waals surface area contributed by atoms with Crippen molar-refractivity contribution in [1.82, 2.24) is 0 Å². The summed E-state index contributed by atoms with van der Waals surface area (Å²) in [6.45, 7) is 1.19. The molecule has 0 atom stereocenters. The SMILES string of the molecule is O=C(CCCOCc1ccccc1)OCI. The molecule has 0 aliphatic carbocycles. The quantitative estimate of drug-likeness (QED) is 0.333. The fourth-order valence-electron chi connectivity index (χ4n) is 1.22. The molecule has 0 saturated carbocycles. The second kappa shape index (κ2) is 8.52. The Bertz CT molecular complexity index is 300. The number of carbonyl (C=O) groups excluding carboxylic acids is 1. The lowest BCUT2D eigenvalue weighted by molar-refractivity contribution is -0.141. The number of hydrogen-bond donors (Lipinski definition) is 0. The first-order chi connectivity index (χ1) is 7.83. The number of carbonyl (C=O) groups is 1. The van der Waals surface area contributed by atoms with Crippen LogP contribution in [0.3, 0.4) is 0 Å². The summed E-state index contributed by atoms with van der Waals surface area (Å²) in [5, 5.41) is 0. The van der Waals surface area contributed by atoms with Gasteiger partial charge in [0.05, 0.1) is 6.61 Å². The molecule has 0 radical (unpaired) electrons. The van der Waals surface area contributed by atoms with Crippen molar-refractivity contribution < 1.29 is 14.3 Å². The maximum absolute atomic E-state index is 11.0. The van der Waals surface area contributed by atoms with Crippen molar-refractivity contribution in [3.63, 3.8) is 0 Å². The minimum atomic E-state index is -0.155. The molecule has 0 amide bonds. The Morgan fingerprint density at radius 2 is 2.00 bits per heavy atom.